The third kappa shape index (κ3) is 3.16. The molecule has 0 spiro atoms. The minimum absolute atomic E-state index is 0.0768. The SMILES string of the molecule is CCC(C)(CNCc1ccco1)OC. The fraction of sp³-hybridized carbons (Fsp3) is 0.636. The van der Waals surface area contributed by atoms with E-state index in [9.17, 15) is 0 Å². The topological polar surface area (TPSA) is 34.4 Å². The Hall–Kier alpha value is -0.800. The van der Waals surface area contributed by atoms with Crippen molar-refractivity contribution in [2.24, 2.45) is 0 Å². The van der Waals surface area contributed by atoms with Gasteiger partial charge in [0.1, 0.15) is 5.76 Å². The van der Waals surface area contributed by atoms with Crippen molar-refractivity contribution in [2.75, 3.05) is 13.7 Å². The quantitative estimate of drug-likeness (QED) is 0.759. The van der Waals surface area contributed by atoms with Crippen molar-refractivity contribution in [3.8, 4) is 0 Å². The molecule has 3 nitrogen and oxygen atoms in total. The average molecular weight is 197 g/mol. The third-order valence-corrected chi connectivity index (χ3v) is 2.62. The van der Waals surface area contributed by atoms with Gasteiger partial charge in [-0.1, -0.05) is 6.92 Å². The van der Waals surface area contributed by atoms with E-state index in [1.54, 1.807) is 13.4 Å². The van der Waals surface area contributed by atoms with Gasteiger partial charge < -0.3 is 14.5 Å². The lowest BCUT2D eigenvalue weighted by Crippen LogP contribution is -2.38. The molecule has 0 aliphatic rings. The van der Waals surface area contributed by atoms with Crippen LogP contribution in [0.25, 0.3) is 0 Å². The average Bonchev–Trinajstić information content (AvgIpc) is 2.70. The number of furan rings is 1. The van der Waals surface area contributed by atoms with E-state index in [0.717, 1.165) is 25.3 Å². The molecule has 1 aromatic heterocycles. The Morgan fingerprint density at radius 1 is 1.57 bits per heavy atom. The standard InChI is InChI=1S/C11H19NO2/c1-4-11(2,13-3)9-12-8-10-6-5-7-14-10/h5-7,12H,4,8-9H2,1-3H3. The summed E-state index contributed by atoms with van der Waals surface area (Å²) < 4.78 is 10.6. The number of nitrogens with one attached hydrogen (secondary N) is 1. The number of hydrogen-bond donors (Lipinski definition) is 1. The number of rotatable bonds is 6. The summed E-state index contributed by atoms with van der Waals surface area (Å²) in [5.74, 6) is 0.958. The Labute approximate surface area is 85.4 Å². The normalized spacial score (nSPS) is 15.4. The van der Waals surface area contributed by atoms with E-state index in [4.69, 9.17) is 9.15 Å². The molecule has 0 aliphatic carbocycles. The molecule has 0 saturated carbocycles. The first-order chi connectivity index (χ1) is 6.70. The molecule has 1 aromatic rings. The molecule has 1 unspecified atom stereocenters. The molecule has 0 fully saturated rings. The van der Waals surface area contributed by atoms with Crippen molar-refractivity contribution < 1.29 is 9.15 Å². The molecule has 1 N–H and O–H groups in total. The van der Waals surface area contributed by atoms with Crippen LogP contribution in [0.1, 0.15) is 26.0 Å². The van der Waals surface area contributed by atoms with Crippen molar-refractivity contribution in [3.05, 3.63) is 24.2 Å². The first-order valence-corrected chi connectivity index (χ1v) is 4.98. The predicted molar refractivity (Wildman–Crippen MR) is 56.1 cm³/mol. The summed E-state index contributed by atoms with van der Waals surface area (Å²) in [6.45, 7) is 5.81. The largest absolute Gasteiger partial charge is 0.468 e. The van der Waals surface area contributed by atoms with Crippen LogP contribution in [0.15, 0.2) is 22.8 Å². The highest BCUT2D eigenvalue weighted by molar-refractivity contribution is 4.97. The molecule has 1 atom stereocenters. The van der Waals surface area contributed by atoms with E-state index < -0.39 is 0 Å². The summed E-state index contributed by atoms with van der Waals surface area (Å²) >= 11 is 0. The summed E-state index contributed by atoms with van der Waals surface area (Å²) in [5, 5.41) is 3.31. The number of hydrogen-bond acceptors (Lipinski definition) is 3. The Morgan fingerprint density at radius 3 is 2.86 bits per heavy atom. The molecule has 14 heavy (non-hydrogen) atoms. The molecule has 0 aliphatic heterocycles. The predicted octanol–water partition coefficient (Wildman–Crippen LogP) is 2.18. The van der Waals surface area contributed by atoms with E-state index in [1.165, 1.54) is 0 Å². The Balaban J connectivity index is 2.27. The molecule has 0 saturated heterocycles. The highest BCUT2D eigenvalue weighted by atomic mass is 16.5. The third-order valence-electron chi connectivity index (χ3n) is 2.62. The van der Waals surface area contributed by atoms with Crippen molar-refractivity contribution in [1.29, 1.82) is 0 Å². The van der Waals surface area contributed by atoms with Gasteiger partial charge in [0.05, 0.1) is 18.4 Å². The van der Waals surface area contributed by atoms with Crippen molar-refractivity contribution in [1.82, 2.24) is 5.32 Å². The second kappa shape index (κ2) is 5.17. The van der Waals surface area contributed by atoms with Gasteiger partial charge in [-0.2, -0.15) is 0 Å². The van der Waals surface area contributed by atoms with Crippen LogP contribution in [-0.2, 0) is 11.3 Å². The first kappa shape index (κ1) is 11.3. The van der Waals surface area contributed by atoms with Gasteiger partial charge in [-0.15, -0.1) is 0 Å². The van der Waals surface area contributed by atoms with Crippen molar-refractivity contribution in [3.63, 3.8) is 0 Å². The van der Waals surface area contributed by atoms with Gasteiger partial charge in [0.25, 0.3) is 0 Å². The van der Waals surface area contributed by atoms with E-state index >= 15 is 0 Å². The van der Waals surface area contributed by atoms with Gasteiger partial charge in [-0.25, -0.2) is 0 Å². The van der Waals surface area contributed by atoms with Crippen LogP contribution in [0.5, 0.6) is 0 Å². The Kier molecular flexibility index (Phi) is 4.17. The van der Waals surface area contributed by atoms with Crippen LogP contribution in [0.2, 0.25) is 0 Å². The van der Waals surface area contributed by atoms with Crippen LogP contribution in [-0.4, -0.2) is 19.3 Å². The summed E-state index contributed by atoms with van der Waals surface area (Å²) in [5.41, 5.74) is -0.0768. The van der Waals surface area contributed by atoms with E-state index in [-0.39, 0.29) is 5.60 Å². The van der Waals surface area contributed by atoms with Crippen LogP contribution in [0.3, 0.4) is 0 Å². The maximum atomic E-state index is 5.41. The fourth-order valence-corrected chi connectivity index (χ4v) is 1.20. The maximum Gasteiger partial charge on any atom is 0.117 e. The second-order valence-electron chi connectivity index (χ2n) is 3.69. The molecule has 3 heteroatoms. The van der Waals surface area contributed by atoms with Gasteiger partial charge in [0.15, 0.2) is 0 Å². The molecule has 0 radical (unpaired) electrons. The highest BCUT2D eigenvalue weighted by Gasteiger charge is 2.20. The van der Waals surface area contributed by atoms with Crippen molar-refractivity contribution >= 4 is 0 Å². The monoisotopic (exact) mass is 197 g/mol. The number of ether oxygens (including phenoxy) is 1. The van der Waals surface area contributed by atoms with Gasteiger partial charge in [0, 0.05) is 13.7 Å². The van der Waals surface area contributed by atoms with Crippen LogP contribution < -0.4 is 5.32 Å². The zero-order valence-electron chi connectivity index (χ0n) is 9.17. The molecule has 1 rings (SSSR count). The molecule has 1 heterocycles. The summed E-state index contributed by atoms with van der Waals surface area (Å²) in [7, 11) is 1.75. The molecule has 80 valence electrons. The lowest BCUT2D eigenvalue weighted by molar-refractivity contribution is 0.00321. The number of methoxy groups -OCH3 is 1. The maximum absolute atomic E-state index is 5.41. The van der Waals surface area contributed by atoms with Gasteiger partial charge in [-0.05, 0) is 25.5 Å². The van der Waals surface area contributed by atoms with E-state index in [0.29, 0.717) is 0 Å². The van der Waals surface area contributed by atoms with Gasteiger partial charge in [-0.3, -0.25) is 0 Å². The molecule has 0 aromatic carbocycles. The van der Waals surface area contributed by atoms with Crippen molar-refractivity contribution in [2.45, 2.75) is 32.4 Å². The van der Waals surface area contributed by atoms with Crippen LogP contribution in [0.4, 0.5) is 0 Å². The molecular weight excluding hydrogens is 178 g/mol. The first-order valence-electron chi connectivity index (χ1n) is 4.98. The minimum Gasteiger partial charge on any atom is -0.468 e. The molecule has 0 amide bonds. The van der Waals surface area contributed by atoms with Crippen LogP contribution in [0, 0.1) is 0 Å². The fourth-order valence-electron chi connectivity index (χ4n) is 1.20. The lowest BCUT2D eigenvalue weighted by Gasteiger charge is -2.26. The lowest BCUT2D eigenvalue weighted by atomic mass is 10.0. The van der Waals surface area contributed by atoms with Gasteiger partial charge >= 0.3 is 0 Å². The van der Waals surface area contributed by atoms with Crippen LogP contribution >= 0.6 is 0 Å². The summed E-state index contributed by atoms with van der Waals surface area (Å²) in [4.78, 5) is 0. The molecular formula is C11H19NO2. The smallest absolute Gasteiger partial charge is 0.117 e. The zero-order chi connectivity index (χ0) is 10.4. The summed E-state index contributed by atoms with van der Waals surface area (Å²) in [6, 6.07) is 3.86. The zero-order valence-corrected chi connectivity index (χ0v) is 9.17. The minimum atomic E-state index is -0.0768. The van der Waals surface area contributed by atoms with E-state index in [2.05, 4.69) is 19.2 Å². The Morgan fingerprint density at radius 2 is 2.36 bits per heavy atom. The Bertz CT molecular complexity index is 240. The highest BCUT2D eigenvalue weighted by Crippen LogP contribution is 2.12. The second-order valence-corrected chi connectivity index (χ2v) is 3.69. The summed E-state index contributed by atoms with van der Waals surface area (Å²) in [6.07, 6.45) is 2.68. The van der Waals surface area contributed by atoms with Gasteiger partial charge in [0.2, 0.25) is 0 Å². The van der Waals surface area contributed by atoms with E-state index in [1.807, 2.05) is 12.1 Å². The molecule has 0 bridgehead atoms.